The molecule has 1 aliphatic heterocycles. The maximum absolute atomic E-state index is 12.9. The van der Waals surface area contributed by atoms with Crippen molar-refractivity contribution in [2.24, 2.45) is 23.2 Å². The fraction of sp³-hybridized carbons (Fsp3) is 0.720. The monoisotopic (exact) mass is 429 g/mol. The number of nitrogens with zero attached hydrogens (tertiary/aromatic N) is 1. The van der Waals surface area contributed by atoms with Crippen LogP contribution >= 0.6 is 0 Å². The molecule has 0 radical (unpaired) electrons. The van der Waals surface area contributed by atoms with Gasteiger partial charge in [0.2, 0.25) is 5.91 Å². The van der Waals surface area contributed by atoms with Crippen molar-refractivity contribution in [3.63, 3.8) is 0 Å². The Morgan fingerprint density at radius 3 is 2.68 bits per heavy atom. The number of amides is 1. The first-order valence-corrected chi connectivity index (χ1v) is 11.8. The van der Waals surface area contributed by atoms with E-state index in [1.165, 1.54) is 5.57 Å². The van der Waals surface area contributed by atoms with Crippen LogP contribution in [0.15, 0.2) is 23.3 Å². The zero-order valence-electron chi connectivity index (χ0n) is 19.0. The summed E-state index contributed by atoms with van der Waals surface area (Å²) in [6.45, 7) is 7.14. The number of fused-ring (bicyclic) bond motifs is 5. The van der Waals surface area contributed by atoms with Gasteiger partial charge in [-0.2, -0.15) is 0 Å². The number of piperidine rings is 1. The molecule has 4 rings (SSSR count). The molecule has 5 atom stereocenters. The largest absolute Gasteiger partial charge is 0.478 e. The molecule has 0 bridgehead atoms. The summed E-state index contributed by atoms with van der Waals surface area (Å²) in [5, 5.41) is 9.44. The summed E-state index contributed by atoms with van der Waals surface area (Å²) in [6.07, 6.45) is 10.3. The van der Waals surface area contributed by atoms with E-state index in [2.05, 4.69) is 19.9 Å². The van der Waals surface area contributed by atoms with Gasteiger partial charge in [-0.05, 0) is 87.2 Å². The smallest absolute Gasteiger partial charge is 0.331 e. The van der Waals surface area contributed by atoms with Crippen molar-refractivity contribution in [3.05, 3.63) is 23.3 Å². The Hall–Kier alpha value is -2.11. The van der Waals surface area contributed by atoms with Crippen LogP contribution in [-0.2, 0) is 19.1 Å². The number of carbonyl (C=O) groups is 3. The number of ether oxygens (including phenoxy) is 1. The molecule has 1 saturated heterocycles. The van der Waals surface area contributed by atoms with Crippen LogP contribution in [0.2, 0.25) is 0 Å². The molecule has 6 heteroatoms. The van der Waals surface area contributed by atoms with Gasteiger partial charge in [0.05, 0.1) is 13.0 Å². The number of likely N-dealkylation sites (tertiary alicyclic amines) is 1. The van der Waals surface area contributed by atoms with Crippen LogP contribution < -0.4 is 0 Å². The minimum absolute atomic E-state index is 0.0143. The number of carboxylic acid groups (broad SMARTS) is 1. The van der Waals surface area contributed by atoms with E-state index in [-0.39, 0.29) is 29.3 Å². The standard InChI is InChI=1S/C25H35NO5/c1-4-31-22(28)11-14-26-21(27)8-7-20-18-6-5-17-15-16(23(29)30)9-12-24(17,2)19(18)10-13-25(20,26)3/h5,15,18-20H,4,6-14H2,1-3H3,(H,29,30)/t18?,19?,20?,24-,25-/m0/s1. The molecule has 0 spiro atoms. The number of rotatable bonds is 5. The van der Waals surface area contributed by atoms with Crippen molar-refractivity contribution in [1.82, 2.24) is 4.90 Å². The summed E-state index contributed by atoms with van der Waals surface area (Å²) in [4.78, 5) is 38.3. The number of carboxylic acids is 1. The van der Waals surface area contributed by atoms with Crippen molar-refractivity contribution in [1.29, 1.82) is 0 Å². The topological polar surface area (TPSA) is 83.9 Å². The van der Waals surface area contributed by atoms with E-state index in [1.807, 2.05) is 11.0 Å². The highest BCUT2D eigenvalue weighted by molar-refractivity contribution is 5.87. The van der Waals surface area contributed by atoms with Gasteiger partial charge in [-0.3, -0.25) is 9.59 Å². The van der Waals surface area contributed by atoms with E-state index in [0.29, 0.717) is 49.3 Å². The van der Waals surface area contributed by atoms with Crippen LogP contribution in [0.25, 0.3) is 0 Å². The lowest BCUT2D eigenvalue weighted by atomic mass is 9.48. The second kappa shape index (κ2) is 8.10. The number of esters is 1. The molecule has 1 heterocycles. The van der Waals surface area contributed by atoms with Crippen LogP contribution in [0.1, 0.15) is 72.1 Å². The van der Waals surface area contributed by atoms with Crippen LogP contribution in [0.3, 0.4) is 0 Å². The summed E-state index contributed by atoms with van der Waals surface area (Å²) in [6, 6.07) is 0. The fourth-order valence-electron chi connectivity index (χ4n) is 7.17. The normalized spacial score (nSPS) is 37.1. The third-order valence-corrected chi connectivity index (χ3v) is 8.83. The van der Waals surface area contributed by atoms with Gasteiger partial charge in [-0.15, -0.1) is 0 Å². The van der Waals surface area contributed by atoms with Gasteiger partial charge in [-0.1, -0.05) is 13.0 Å². The molecule has 0 aromatic rings. The van der Waals surface area contributed by atoms with Crippen molar-refractivity contribution >= 4 is 17.8 Å². The number of hydrogen-bond donors (Lipinski definition) is 1. The summed E-state index contributed by atoms with van der Waals surface area (Å²) < 4.78 is 5.09. The molecule has 3 aliphatic carbocycles. The van der Waals surface area contributed by atoms with E-state index < -0.39 is 5.97 Å². The Bertz CT molecular complexity index is 845. The molecule has 1 saturated carbocycles. The fourth-order valence-corrected chi connectivity index (χ4v) is 7.17. The van der Waals surface area contributed by atoms with Gasteiger partial charge in [0, 0.05) is 24.1 Å². The van der Waals surface area contributed by atoms with Gasteiger partial charge < -0.3 is 14.7 Å². The van der Waals surface area contributed by atoms with Crippen molar-refractivity contribution in [2.45, 2.75) is 77.7 Å². The number of hydrogen-bond acceptors (Lipinski definition) is 4. The van der Waals surface area contributed by atoms with Crippen LogP contribution in [-0.4, -0.2) is 46.5 Å². The Labute approximate surface area is 184 Å². The lowest BCUT2D eigenvalue weighted by Gasteiger charge is -2.61. The number of aliphatic carboxylic acids is 1. The number of allylic oxidation sites excluding steroid dienone is 3. The molecule has 1 amide bonds. The summed E-state index contributed by atoms with van der Waals surface area (Å²) in [5.41, 5.74) is 1.52. The molecule has 170 valence electrons. The molecule has 4 aliphatic rings. The second-order valence-electron chi connectivity index (χ2n) is 10.2. The maximum atomic E-state index is 12.9. The first-order valence-electron chi connectivity index (χ1n) is 11.8. The Balaban J connectivity index is 1.58. The Morgan fingerprint density at radius 1 is 1.19 bits per heavy atom. The SMILES string of the molecule is CCOC(=O)CCN1C(=O)CCC2C3CC=C4C=C(C(=O)O)CC[C@]4(C)C3CC[C@@]21C. The van der Waals surface area contributed by atoms with E-state index in [4.69, 9.17) is 4.74 Å². The van der Waals surface area contributed by atoms with E-state index in [0.717, 1.165) is 32.1 Å². The molecule has 1 N–H and O–H groups in total. The summed E-state index contributed by atoms with van der Waals surface area (Å²) in [5.74, 6) is 0.528. The second-order valence-corrected chi connectivity index (χ2v) is 10.2. The van der Waals surface area contributed by atoms with Gasteiger partial charge in [-0.25, -0.2) is 4.79 Å². The van der Waals surface area contributed by atoms with Crippen LogP contribution in [0.5, 0.6) is 0 Å². The van der Waals surface area contributed by atoms with Crippen LogP contribution in [0.4, 0.5) is 0 Å². The zero-order chi connectivity index (χ0) is 22.4. The molecule has 0 aromatic heterocycles. The van der Waals surface area contributed by atoms with Gasteiger partial charge >= 0.3 is 11.9 Å². The Morgan fingerprint density at radius 2 is 1.97 bits per heavy atom. The lowest BCUT2D eigenvalue weighted by Crippen LogP contribution is -2.64. The highest BCUT2D eigenvalue weighted by Crippen LogP contribution is 2.61. The van der Waals surface area contributed by atoms with Crippen molar-refractivity contribution < 1.29 is 24.2 Å². The summed E-state index contributed by atoms with van der Waals surface area (Å²) in [7, 11) is 0. The van der Waals surface area contributed by atoms with Gasteiger partial charge in [0.25, 0.3) is 0 Å². The highest BCUT2D eigenvalue weighted by Gasteiger charge is 2.57. The van der Waals surface area contributed by atoms with E-state index in [9.17, 15) is 19.5 Å². The third-order valence-electron chi connectivity index (χ3n) is 8.83. The number of carbonyl (C=O) groups excluding carboxylic acids is 2. The van der Waals surface area contributed by atoms with Crippen molar-refractivity contribution in [3.8, 4) is 0 Å². The van der Waals surface area contributed by atoms with E-state index in [1.54, 1.807) is 6.92 Å². The van der Waals surface area contributed by atoms with E-state index >= 15 is 0 Å². The first-order chi connectivity index (χ1) is 14.7. The predicted octanol–water partition coefficient (Wildman–Crippen LogP) is 4.10. The van der Waals surface area contributed by atoms with Crippen molar-refractivity contribution in [2.75, 3.05) is 13.2 Å². The maximum Gasteiger partial charge on any atom is 0.331 e. The predicted molar refractivity (Wildman–Crippen MR) is 116 cm³/mol. The minimum Gasteiger partial charge on any atom is -0.478 e. The van der Waals surface area contributed by atoms with Crippen LogP contribution in [0, 0.1) is 23.2 Å². The zero-order valence-corrected chi connectivity index (χ0v) is 19.0. The van der Waals surface area contributed by atoms with Gasteiger partial charge in [0.1, 0.15) is 0 Å². The van der Waals surface area contributed by atoms with Gasteiger partial charge in [0.15, 0.2) is 0 Å². The summed E-state index contributed by atoms with van der Waals surface area (Å²) >= 11 is 0. The minimum atomic E-state index is -0.802. The highest BCUT2D eigenvalue weighted by atomic mass is 16.5. The molecule has 0 aromatic carbocycles. The average Bonchev–Trinajstić information content (AvgIpc) is 2.72. The molecule has 6 nitrogen and oxygen atoms in total. The molecule has 31 heavy (non-hydrogen) atoms. The first kappa shape index (κ1) is 22.1. The molecular formula is C25H35NO5. The quantitative estimate of drug-likeness (QED) is 0.665. The molecular weight excluding hydrogens is 394 g/mol. The lowest BCUT2D eigenvalue weighted by molar-refractivity contribution is -0.158. The molecule has 3 unspecified atom stereocenters. The molecule has 2 fully saturated rings. The Kier molecular flexibility index (Phi) is 5.78. The average molecular weight is 430 g/mol. The third kappa shape index (κ3) is 3.62.